The minimum atomic E-state index is -0.0984. The van der Waals surface area contributed by atoms with Crippen molar-refractivity contribution >= 4 is 5.91 Å². The van der Waals surface area contributed by atoms with Gasteiger partial charge in [-0.1, -0.05) is 0 Å². The molecule has 7 heteroatoms. The van der Waals surface area contributed by atoms with E-state index >= 15 is 0 Å². The van der Waals surface area contributed by atoms with Crippen molar-refractivity contribution in [2.75, 3.05) is 26.4 Å². The smallest absolute Gasteiger partial charge is 0.276 e. The number of carbonyl (C=O) groups excluding carboxylic acids is 1. The van der Waals surface area contributed by atoms with Crippen LogP contribution in [0.25, 0.3) is 11.5 Å². The molecule has 1 amide bonds. The monoisotopic (exact) mass is 343 g/mol. The number of oxazole rings is 1. The van der Waals surface area contributed by atoms with E-state index in [1.165, 1.54) is 6.26 Å². The van der Waals surface area contributed by atoms with Crippen LogP contribution in [0, 0.1) is 0 Å². The largest absolute Gasteiger partial charge is 0.478 e. The number of pyridine rings is 1. The van der Waals surface area contributed by atoms with Crippen molar-refractivity contribution in [1.82, 2.24) is 14.9 Å². The second-order valence-corrected chi connectivity index (χ2v) is 6.35. The first-order chi connectivity index (χ1) is 12.3. The van der Waals surface area contributed by atoms with Gasteiger partial charge in [-0.05, 0) is 31.7 Å². The third kappa shape index (κ3) is 3.51. The topological polar surface area (TPSA) is 77.7 Å². The lowest BCUT2D eigenvalue weighted by Crippen LogP contribution is -2.38. The molecule has 1 fully saturated rings. The van der Waals surface area contributed by atoms with Crippen molar-refractivity contribution in [1.29, 1.82) is 0 Å². The number of carbonyl (C=O) groups is 1. The van der Waals surface area contributed by atoms with Gasteiger partial charge in [0.15, 0.2) is 5.69 Å². The van der Waals surface area contributed by atoms with E-state index in [0.717, 1.165) is 37.8 Å². The third-order valence-electron chi connectivity index (χ3n) is 4.59. The Bertz CT molecular complexity index is 745. The Kier molecular flexibility index (Phi) is 4.65. The molecule has 0 aliphatic carbocycles. The van der Waals surface area contributed by atoms with Gasteiger partial charge < -0.3 is 18.8 Å². The molecule has 0 spiro atoms. The SMILES string of the molecule is O=C1c2coc(n2)-c2ccnc(c2)OCCCCOCC2CCCN12. The highest BCUT2D eigenvalue weighted by molar-refractivity contribution is 5.92. The molecule has 4 bridgehead atoms. The van der Waals surface area contributed by atoms with Gasteiger partial charge in [0.25, 0.3) is 5.91 Å². The normalized spacial score (nSPS) is 21.7. The van der Waals surface area contributed by atoms with Crippen LogP contribution in [-0.2, 0) is 4.74 Å². The van der Waals surface area contributed by atoms with Crippen molar-refractivity contribution in [2.45, 2.75) is 31.7 Å². The number of aromatic nitrogens is 2. The first kappa shape index (κ1) is 16.1. The highest BCUT2D eigenvalue weighted by Gasteiger charge is 2.31. The van der Waals surface area contributed by atoms with Crippen LogP contribution in [0.5, 0.6) is 5.88 Å². The van der Waals surface area contributed by atoms with Gasteiger partial charge >= 0.3 is 0 Å². The molecule has 0 saturated carbocycles. The summed E-state index contributed by atoms with van der Waals surface area (Å²) in [5.41, 5.74) is 1.07. The molecular weight excluding hydrogens is 322 g/mol. The lowest BCUT2D eigenvalue weighted by atomic mass is 10.2. The molecule has 2 aliphatic heterocycles. The molecule has 2 aromatic heterocycles. The highest BCUT2D eigenvalue weighted by Crippen LogP contribution is 2.25. The summed E-state index contributed by atoms with van der Waals surface area (Å²) < 4.78 is 17.0. The standard InChI is InChI=1S/C18H21N3O4/c22-18-15-12-25-17(20-15)13-5-6-19-16(10-13)24-9-2-1-8-23-11-14-4-3-7-21(14)18/h5-6,10,12,14H,1-4,7-9,11H2. The van der Waals surface area contributed by atoms with Gasteiger partial charge in [0, 0.05) is 31.0 Å². The van der Waals surface area contributed by atoms with Crippen LogP contribution in [0.1, 0.15) is 36.2 Å². The molecule has 0 N–H and O–H groups in total. The summed E-state index contributed by atoms with van der Waals surface area (Å²) in [7, 11) is 0. The molecule has 25 heavy (non-hydrogen) atoms. The third-order valence-corrected chi connectivity index (χ3v) is 4.59. The van der Waals surface area contributed by atoms with Crippen LogP contribution in [0.2, 0.25) is 0 Å². The molecule has 2 aliphatic rings. The van der Waals surface area contributed by atoms with E-state index in [-0.39, 0.29) is 11.9 Å². The van der Waals surface area contributed by atoms with E-state index in [2.05, 4.69) is 9.97 Å². The summed E-state index contributed by atoms with van der Waals surface area (Å²) in [6.07, 6.45) is 6.84. The van der Waals surface area contributed by atoms with Gasteiger partial charge in [0.2, 0.25) is 11.8 Å². The Morgan fingerprint density at radius 2 is 2.12 bits per heavy atom. The Labute approximate surface area is 146 Å². The fraction of sp³-hybridized carbons (Fsp3) is 0.500. The average molecular weight is 343 g/mol. The van der Waals surface area contributed by atoms with E-state index < -0.39 is 0 Å². The lowest BCUT2D eigenvalue weighted by molar-refractivity contribution is 0.0521. The van der Waals surface area contributed by atoms with Crippen molar-refractivity contribution in [3.8, 4) is 17.3 Å². The van der Waals surface area contributed by atoms with Gasteiger partial charge in [0.1, 0.15) is 6.26 Å². The predicted molar refractivity (Wildman–Crippen MR) is 89.3 cm³/mol. The number of amides is 1. The fourth-order valence-electron chi connectivity index (χ4n) is 3.25. The summed E-state index contributed by atoms with van der Waals surface area (Å²) in [5.74, 6) is 0.824. The van der Waals surface area contributed by atoms with Crippen LogP contribution in [0.3, 0.4) is 0 Å². The Balaban J connectivity index is 1.63. The van der Waals surface area contributed by atoms with Crippen molar-refractivity contribution in [2.24, 2.45) is 0 Å². The van der Waals surface area contributed by atoms with Crippen LogP contribution in [-0.4, -0.2) is 53.2 Å². The van der Waals surface area contributed by atoms with Gasteiger partial charge in [0.05, 0.1) is 19.3 Å². The summed E-state index contributed by atoms with van der Waals surface area (Å²) in [6.45, 7) is 2.56. The second-order valence-electron chi connectivity index (χ2n) is 6.35. The maximum absolute atomic E-state index is 12.8. The van der Waals surface area contributed by atoms with E-state index in [0.29, 0.717) is 37.3 Å². The molecule has 1 atom stereocenters. The Morgan fingerprint density at radius 1 is 1.20 bits per heavy atom. The van der Waals surface area contributed by atoms with Gasteiger partial charge in [-0.15, -0.1) is 0 Å². The van der Waals surface area contributed by atoms with Crippen LogP contribution in [0.4, 0.5) is 0 Å². The van der Waals surface area contributed by atoms with E-state index in [1.807, 2.05) is 4.90 Å². The predicted octanol–water partition coefficient (Wildman–Crippen LogP) is 2.53. The molecular formula is C18H21N3O4. The van der Waals surface area contributed by atoms with Crippen molar-refractivity contribution < 1.29 is 18.7 Å². The lowest BCUT2D eigenvalue weighted by Gasteiger charge is -2.23. The zero-order chi connectivity index (χ0) is 17.1. The molecule has 4 heterocycles. The van der Waals surface area contributed by atoms with E-state index in [9.17, 15) is 4.79 Å². The zero-order valence-electron chi connectivity index (χ0n) is 14.0. The number of hydrogen-bond acceptors (Lipinski definition) is 6. The van der Waals surface area contributed by atoms with Crippen LogP contribution in [0.15, 0.2) is 29.0 Å². The first-order valence-electron chi connectivity index (χ1n) is 8.75. The summed E-state index contributed by atoms with van der Waals surface area (Å²) in [6, 6.07) is 3.69. The first-order valence-corrected chi connectivity index (χ1v) is 8.75. The molecule has 1 saturated heterocycles. The van der Waals surface area contributed by atoms with E-state index in [4.69, 9.17) is 13.9 Å². The fourth-order valence-corrected chi connectivity index (χ4v) is 3.25. The molecule has 0 aromatic carbocycles. The molecule has 1 unspecified atom stereocenters. The van der Waals surface area contributed by atoms with Gasteiger partial charge in [-0.25, -0.2) is 9.97 Å². The summed E-state index contributed by atoms with van der Waals surface area (Å²) in [5, 5.41) is 0. The molecule has 7 nitrogen and oxygen atoms in total. The van der Waals surface area contributed by atoms with E-state index in [1.54, 1.807) is 18.3 Å². The van der Waals surface area contributed by atoms with Crippen molar-refractivity contribution in [3.05, 3.63) is 30.3 Å². The molecule has 2 aromatic rings. The van der Waals surface area contributed by atoms with Crippen LogP contribution < -0.4 is 4.74 Å². The quantitative estimate of drug-likeness (QED) is 0.731. The molecule has 0 radical (unpaired) electrons. The second kappa shape index (κ2) is 7.23. The van der Waals surface area contributed by atoms with Crippen LogP contribution >= 0.6 is 0 Å². The number of nitrogens with zero attached hydrogens (tertiary/aromatic N) is 3. The molecule has 4 rings (SSSR count). The van der Waals surface area contributed by atoms with Gasteiger partial charge in [-0.3, -0.25) is 4.79 Å². The zero-order valence-corrected chi connectivity index (χ0v) is 14.0. The maximum Gasteiger partial charge on any atom is 0.276 e. The number of rotatable bonds is 0. The summed E-state index contributed by atoms with van der Waals surface area (Å²) in [4.78, 5) is 23.2. The maximum atomic E-state index is 12.8. The average Bonchev–Trinajstić information content (AvgIpc) is 3.29. The van der Waals surface area contributed by atoms with Gasteiger partial charge in [-0.2, -0.15) is 0 Å². The number of ether oxygens (including phenoxy) is 2. The number of hydrogen-bond donors (Lipinski definition) is 0. The Morgan fingerprint density at radius 3 is 3.08 bits per heavy atom. The molecule has 132 valence electrons. The van der Waals surface area contributed by atoms with Crippen molar-refractivity contribution in [3.63, 3.8) is 0 Å². The minimum Gasteiger partial charge on any atom is -0.478 e. The Hall–Kier alpha value is -2.41. The summed E-state index contributed by atoms with van der Waals surface area (Å²) >= 11 is 0. The number of fused-ring (bicyclic) bond motifs is 6. The highest BCUT2D eigenvalue weighted by atomic mass is 16.5. The minimum absolute atomic E-state index is 0.0984.